The third kappa shape index (κ3) is 4.20. The summed E-state index contributed by atoms with van der Waals surface area (Å²) >= 11 is 0. The number of carbonyl (C=O) groups excluding carboxylic acids is 1. The van der Waals surface area contributed by atoms with Crippen LogP contribution in [0.1, 0.15) is 42.6 Å². The lowest BCUT2D eigenvalue weighted by Crippen LogP contribution is -2.11. The molecule has 152 valence electrons. The molecule has 0 saturated heterocycles. The molecule has 0 bridgehead atoms. The highest BCUT2D eigenvalue weighted by molar-refractivity contribution is 6.04. The molecule has 4 rings (SSSR count). The molecule has 0 spiro atoms. The molecule has 0 fully saturated rings. The van der Waals surface area contributed by atoms with Gasteiger partial charge in [0.15, 0.2) is 5.58 Å². The summed E-state index contributed by atoms with van der Waals surface area (Å²) in [4.78, 5) is 17.2. The first-order valence-corrected chi connectivity index (χ1v) is 10.1. The second-order valence-corrected chi connectivity index (χ2v) is 7.39. The lowest BCUT2D eigenvalue weighted by molar-refractivity contribution is 0.102. The molecule has 5 nitrogen and oxygen atoms in total. The summed E-state index contributed by atoms with van der Waals surface area (Å²) in [7, 11) is 0. The van der Waals surface area contributed by atoms with E-state index in [0.29, 0.717) is 35.4 Å². The highest BCUT2D eigenvalue weighted by atomic mass is 16.5. The van der Waals surface area contributed by atoms with Crippen molar-refractivity contribution < 1.29 is 13.9 Å². The zero-order valence-electron chi connectivity index (χ0n) is 17.3. The van der Waals surface area contributed by atoms with Gasteiger partial charge in [-0.2, -0.15) is 0 Å². The number of hydrogen-bond acceptors (Lipinski definition) is 4. The van der Waals surface area contributed by atoms with Gasteiger partial charge in [-0.1, -0.05) is 26.0 Å². The Hall–Kier alpha value is -3.60. The molecule has 0 aliphatic carbocycles. The highest BCUT2D eigenvalue weighted by Crippen LogP contribution is 2.28. The van der Waals surface area contributed by atoms with E-state index in [1.807, 2.05) is 43.3 Å². The van der Waals surface area contributed by atoms with Crippen LogP contribution < -0.4 is 10.1 Å². The fourth-order valence-electron chi connectivity index (χ4n) is 3.22. The van der Waals surface area contributed by atoms with Gasteiger partial charge in [0.2, 0.25) is 5.89 Å². The Labute approximate surface area is 175 Å². The van der Waals surface area contributed by atoms with Gasteiger partial charge >= 0.3 is 0 Å². The Balaban J connectivity index is 1.51. The molecule has 30 heavy (non-hydrogen) atoms. The van der Waals surface area contributed by atoms with Crippen molar-refractivity contribution in [3.8, 4) is 17.2 Å². The SMILES string of the molecule is CCOc1cccc(C(=O)Nc2ccc(-c3nc4cc(C(C)C)ccc4o3)cc2)c1. The molecule has 3 aromatic carbocycles. The minimum atomic E-state index is -0.188. The molecule has 0 saturated carbocycles. The highest BCUT2D eigenvalue weighted by Gasteiger charge is 2.11. The smallest absolute Gasteiger partial charge is 0.255 e. The van der Waals surface area contributed by atoms with Crippen molar-refractivity contribution in [2.75, 3.05) is 11.9 Å². The number of aromatic nitrogens is 1. The molecule has 1 N–H and O–H groups in total. The second kappa shape index (κ2) is 8.41. The van der Waals surface area contributed by atoms with Gasteiger partial charge in [-0.05, 0) is 73.0 Å². The van der Waals surface area contributed by atoms with Crippen LogP contribution in [0.2, 0.25) is 0 Å². The number of rotatable bonds is 6. The maximum absolute atomic E-state index is 12.5. The largest absolute Gasteiger partial charge is 0.494 e. The van der Waals surface area contributed by atoms with Crippen LogP contribution in [0.15, 0.2) is 71.1 Å². The number of hydrogen-bond donors (Lipinski definition) is 1. The number of oxazole rings is 1. The van der Waals surface area contributed by atoms with Crippen LogP contribution in [0.5, 0.6) is 5.75 Å². The Kier molecular flexibility index (Phi) is 5.53. The molecule has 1 aromatic heterocycles. The van der Waals surface area contributed by atoms with E-state index in [2.05, 4.69) is 36.3 Å². The standard InChI is InChI=1S/C25H24N2O3/c1-4-29-21-7-5-6-19(14-21)24(28)26-20-11-8-17(9-12-20)25-27-22-15-18(16(2)3)10-13-23(22)30-25/h5-16H,4H2,1-3H3,(H,26,28). The minimum absolute atomic E-state index is 0.188. The van der Waals surface area contributed by atoms with E-state index in [9.17, 15) is 4.79 Å². The quantitative estimate of drug-likeness (QED) is 0.414. The van der Waals surface area contributed by atoms with Crippen LogP contribution in [0.4, 0.5) is 5.69 Å². The van der Waals surface area contributed by atoms with Gasteiger partial charge < -0.3 is 14.5 Å². The summed E-state index contributed by atoms with van der Waals surface area (Å²) in [5, 5.41) is 2.91. The van der Waals surface area contributed by atoms with Gasteiger partial charge in [0.1, 0.15) is 11.3 Å². The van der Waals surface area contributed by atoms with Crippen molar-refractivity contribution in [1.29, 1.82) is 0 Å². The summed E-state index contributed by atoms with van der Waals surface area (Å²) < 4.78 is 11.4. The Morgan fingerprint density at radius 3 is 2.60 bits per heavy atom. The van der Waals surface area contributed by atoms with Crippen molar-refractivity contribution in [3.05, 3.63) is 77.9 Å². The normalized spacial score (nSPS) is 11.1. The first-order valence-electron chi connectivity index (χ1n) is 10.1. The number of fused-ring (bicyclic) bond motifs is 1. The van der Waals surface area contributed by atoms with Gasteiger partial charge in [0.25, 0.3) is 5.91 Å². The molecule has 0 aliphatic rings. The van der Waals surface area contributed by atoms with E-state index in [1.54, 1.807) is 18.2 Å². The van der Waals surface area contributed by atoms with E-state index in [0.717, 1.165) is 16.7 Å². The fraction of sp³-hybridized carbons (Fsp3) is 0.200. The van der Waals surface area contributed by atoms with Gasteiger partial charge in [0, 0.05) is 16.8 Å². The maximum atomic E-state index is 12.5. The third-order valence-corrected chi connectivity index (χ3v) is 4.88. The number of ether oxygens (including phenoxy) is 1. The first kappa shape index (κ1) is 19.7. The van der Waals surface area contributed by atoms with Crippen LogP contribution in [-0.2, 0) is 0 Å². The van der Waals surface area contributed by atoms with E-state index in [1.165, 1.54) is 5.56 Å². The van der Waals surface area contributed by atoms with Crippen LogP contribution in [0, 0.1) is 0 Å². The van der Waals surface area contributed by atoms with Gasteiger partial charge in [-0.25, -0.2) is 4.98 Å². The van der Waals surface area contributed by atoms with E-state index in [4.69, 9.17) is 9.15 Å². The molecule has 0 aliphatic heterocycles. The topological polar surface area (TPSA) is 64.4 Å². The minimum Gasteiger partial charge on any atom is -0.494 e. The number of amides is 1. The summed E-state index contributed by atoms with van der Waals surface area (Å²) in [6.07, 6.45) is 0. The number of benzene rings is 3. The Morgan fingerprint density at radius 1 is 1.07 bits per heavy atom. The van der Waals surface area contributed by atoms with Crippen molar-refractivity contribution >= 4 is 22.7 Å². The Bertz CT molecular complexity index is 1180. The molecular weight excluding hydrogens is 376 g/mol. The van der Waals surface area contributed by atoms with Crippen molar-refractivity contribution in [2.24, 2.45) is 0 Å². The second-order valence-electron chi connectivity index (χ2n) is 7.39. The van der Waals surface area contributed by atoms with Crippen LogP contribution in [0.3, 0.4) is 0 Å². The first-order chi connectivity index (χ1) is 14.5. The molecule has 4 aromatic rings. The lowest BCUT2D eigenvalue weighted by atomic mass is 10.0. The third-order valence-electron chi connectivity index (χ3n) is 4.88. The lowest BCUT2D eigenvalue weighted by Gasteiger charge is -2.08. The van der Waals surface area contributed by atoms with Crippen LogP contribution >= 0.6 is 0 Å². The molecule has 5 heteroatoms. The number of nitrogens with zero attached hydrogens (tertiary/aromatic N) is 1. The maximum Gasteiger partial charge on any atom is 0.255 e. The monoisotopic (exact) mass is 400 g/mol. The van der Waals surface area contributed by atoms with Gasteiger partial charge in [0.05, 0.1) is 6.61 Å². The summed E-state index contributed by atoms with van der Waals surface area (Å²) in [6, 6.07) is 20.7. The molecule has 1 amide bonds. The van der Waals surface area contributed by atoms with E-state index >= 15 is 0 Å². The number of nitrogens with one attached hydrogen (secondary N) is 1. The summed E-state index contributed by atoms with van der Waals surface area (Å²) in [5.41, 5.74) is 4.94. The van der Waals surface area contributed by atoms with Crippen molar-refractivity contribution in [3.63, 3.8) is 0 Å². The van der Waals surface area contributed by atoms with Crippen LogP contribution in [-0.4, -0.2) is 17.5 Å². The van der Waals surface area contributed by atoms with Crippen molar-refractivity contribution in [1.82, 2.24) is 4.98 Å². The molecule has 0 unspecified atom stereocenters. The fourth-order valence-corrected chi connectivity index (χ4v) is 3.22. The molecule has 1 heterocycles. The number of anilines is 1. The number of carbonyl (C=O) groups is 1. The summed E-state index contributed by atoms with van der Waals surface area (Å²) in [6.45, 7) is 6.78. The van der Waals surface area contributed by atoms with Gasteiger partial charge in [-0.15, -0.1) is 0 Å². The van der Waals surface area contributed by atoms with E-state index in [-0.39, 0.29) is 5.91 Å². The van der Waals surface area contributed by atoms with Crippen molar-refractivity contribution in [2.45, 2.75) is 26.7 Å². The van der Waals surface area contributed by atoms with E-state index < -0.39 is 0 Å². The zero-order valence-corrected chi connectivity index (χ0v) is 17.3. The predicted octanol–water partition coefficient (Wildman–Crippen LogP) is 6.27. The average Bonchev–Trinajstić information content (AvgIpc) is 3.18. The Morgan fingerprint density at radius 2 is 1.87 bits per heavy atom. The predicted molar refractivity (Wildman–Crippen MR) is 119 cm³/mol. The van der Waals surface area contributed by atoms with Gasteiger partial charge in [-0.3, -0.25) is 4.79 Å². The molecular formula is C25H24N2O3. The zero-order chi connectivity index (χ0) is 21.1. The average molecular weight is 400 g/mol. The summed E-state index contributed by atoms with van der Waals surface area (Å²) in [5.74, 6) is 1.49. The molecule has 0 atom stereocenters. The molecule has 0 radical (unpaired) electrons. The van der Waals surface area contributed by atoms with Crippen LogP contribution in [0.25, 0.3) is 22.6 Å².